The number of carbonyl (C=O) groups is 1. The first kappa shape index (κ1) is 13.8. The first-order chi connectivity index (χ1) is 8.67. The highest BCUT2D eigenvalue weighted by atomic mass is 16.3. The fourth-order valence-corrected chi connectivity index (χ4v) is 3.30. The summed E-state index contributed by atoms with van der Waals surface area (Å²) >= 11 is 0. The van der Waals surface area contributed by atoms with Crippen LogP contribution in [0.1, 0.15) is 58.8 Å². The zero-order valence-corrected chi connectivity index (χ0v) is 11.6. The lowest BCUT2D eigenvalue weighted by molar-refractivity contribution is -0.133. The molecule has 0 spiro atoms. The lowest BCUT2D eigenvalue weighted by Crippen LogP contribution is -2.46. The Morgan fingerprint density at radius 1 is 1.28 bits per heavy atom. The van der Waals surface area contributed by atoms with Gasteiger partial charge >= 0.3 is 0 Å². The summed E-state index contributed by atoms with van der Waals surface area (Å²) in [5.74, 6) is 0.282. The van der Waals surface area contributed by atoms with Crippen molar-refractivity contribution in [3.63, 3.8) is 0 Å². The minimum absolute atomic E-state index is 0.0202. The second kappa shape index (κ2) is 6.02. The van der Waals surface area contributed by atoms with Crippen LogP contribution in [0.3, 0.4) is 0 Å². The number of rotatable bonds is 4. The lowest BCUT2D eigenvalue weighted by atomic mass is 9.91. The third kappa shape index (κ3) is 2.69. The molecule has 0 aromatic carbocycles. The zero-order valence-electron chi connectivity index (χ0n) is 11.6. The van der Waals surface area contributed by atoms with E-state index < -0.39 is 0 Å². The quantitative estimate of drug-likeness (QED) is 0.801. The van der Waals surface area contributed by atoms with Crippen molar-refractivity contribution in [1.82, 2.24) is 10.2 Å². The molecule has 2 rings (SSSR count). The van der Waals surface area contributed by atoms with E-state index in [-0.39, 0.29) is 24.2 Å². The van der Waals surface area contributed by atoms with Crippen LogP contribution in [0.4, 0.5) is 0 Å². The van der Waals surface area contributed by atoms with E-state index in [1.165, 1.54) is 0 Å². The van der Waals surface area contributed by atoms with Gasteiger partial charge in [0.05, 0.1) is 18.3 Å². The monoisotopic (exact) mass is 254 g/mol. The Kier molecular flexibility index (Phi) is 4.62. The zero-order chi connectivity index (χ0) is 13.1. The van der Waals surface area contributed by atoms with Crippen LogP contribution >= 0.6 is 0 Å². The molecule has 18 heavy (non-hydrogen) atoms. The molecular formula is C14H26N2O2. The number of hydrogen-bond donors (Lipinski definition) is 2. The summed E-state index contributed by atoms with van der Waals surface area (Å²) in [4.78, 5) is 14.5. The van der Waals surface area contributed by atoms with Gasteiger partial charge in [-0.05, 0) is 38.5 Å². The van der Waals surface area contributed by atoms with Crippen molar-refractivity contribution in [1.29, 1.82) is 0 Å². The smallest absolute Gasteiger partial charge is 0.241 e. The molecule has 1 saturated heterocycles. The Bertz CT molecular complexity index is 288. The average Bonchev–Trinajstić information content (AvgIpc) is 2.68. The van der Waals surface area contributed by atoms with Gasteiger partial charge in [0.15, 0.2) is 0 Å². The second-order valence-electron chi connectivity index (χ2n) is 5.64. The SMILES string of the molecule is CCCC1NC(CC)N(C2CCC(O)CC2)C1=O. The van der Waals surface area contributed by atoms with Crippen molar-refractivity contribution in [2.24, 2.45) is 0 Å². The lowest BCUT2D eigenvalue weighted by Gasteiger charge is -2.36. The summed E-state index contributed by atoms with van der Waals surface area (Å²) in [6.45, 7) is 4.25. The van der Waals surface area contributed by atoms with Crippen LogP contribution in [0.5, 0.6) is 0 Å². The van der Waals surface area contributed by atoms with Crippen molar-refractivity contribution in [3.05, 3.63) is 0 Å². The summed E-state index contributed by atoms with van der Waals surface area (Å²) in [7, 11) is 0. The molecule has 104 valence electrons. The summed E-state index contributed by atoms with van der Waals surface area (Å²) < 4.78 is 0. The van der Waals surface area contributed by atoms with Crippen LogP contribution in [0, 0.1) is 0 Å². The highest BCUT2D eigenvalue weighted by Crippen LogP contribution is 2.28. The first-order valence-electron chi connectivity index (χ1n) is 7.43. The van der Waals surface area contributed by atoms with Crippen molar-refractivity contribution in [2.45, 2.75) is 83.1 Å². The van der Waals surface area contributed by atoms with Crippen molar-refractivity contribution in [2.75, 3.05) is 0 Å². The predicted octanol–water partition coefficient (Wildman–Crippen LogP) is 1.63. The van der Waals surface area contributed by atoms with Gasteiger partial charge in [-0.3, -0.25) is 10.1 Å². The highest BCUT2D eigenvalue weighted by Gasteiger charge is 2.41. The predicted molar refractivity (Wildman–Crippen MR) is 71.0 cm³/mol. The van der Waals surface area contributed by atoms with Crippen LogP contribution in [0.25, 0.3) is 0 Å². The Hall–Kier alpha value is -0.610. The summed E-state index contributed by atoms with van der Waals surface area (Å²) in [6.07, 6.45) is 6.55. The summed E-state index contributed by atoms with van der Waals surface area (Å²) in [5, 5.41) is 13.0. The van der Waals surface area contributed by atoms with E-state index >= 15 is 0 Å². The molecule has 2 unspecified atom stereocenters. The van der Waals surface area contributed by atoms with Gasteiger partial charge in [0.2, 0.25) is 5.91 Å². The molecule has 4 nitrogen and oxygen atoms in total. The van der Waals surface area contributed by atoms with Crippen LogP contribution in [-0.2, 0) is 4.79 Å². The minimum Gasteiger partial charge on any atom is -0.393 e. The highest BCUT2D eigenvalue weighted by molar-refractivity contribution is 5.84. The molecule has 0 radical (unpaired) electrons. The summed E-state index contributed by atoms with van der Waals surface area (Å²) in [5.41, 5.74) is 0. The van der Waals surface area contributed by atoms with Gasteiger partial charge in [-0.25, -0.2) is 0 Å². The van der Waals surface area contributed by atoms with Crippen molar-refractivity contribution < 1.29 is 9.90 Å². The number of carbonyl (C=O) groups excluding carboxylic acids is 1. The van der Waals surface area contributed by atoms with E-state index in [0.29, 0.717) is 6.04 Å². The summed E-state index contributed by atoms with van der Waals surface area (Å²) in [6, 6.07) is 0.354. The van der Waals surface area contributed by atoms with Gasteiger partial charge in [-0.2, -0.15) is 0 Å². The topological polar surface area (TPSA) is 52.6 Å². The molecule has 1 aliphatic carbocycles. The van der Waals surface area contributed by atoms with E-state index in [4.69, 9.17) is 0 Å². The maximum Gasteiger partial charge on any atom is 0.241 e. The Morgan fingerprint density at radius 3 is 2.50 bits per heavy atom. The molecule has 1 amide bonds. The molecule has 1 heterocycles. The van der Waals surface area contributed by atoms with Crippen molar-refractivity contribution >= 4 is 5.91 Å². The van der Waals surface area contributed by atoms with E-state index in [0.717, 1.165) is 44.9 Å². The van der Waals surface area contributed by atoms with E-state index in [9.17, 15) is 9.90 Å². The Balaban J connectivity index is 2.02. The Labute approximate surface area is 110 Å². The molecule has 1 saturated carbocycles. The molecule has 4 heteroatoms. The average molecular weight is 254 g/mol. The molecule has 2 aliphatic rings. The van der Waals surface area contributed by atoms with Gasteiger partial charge in [0.25, 0.3) is 0 Å². The number of aliphatic hydroxyl groups is 1. The third-order valence-corrected chi connectivity index (χ3v) is 4.31. The van der Waals surface area contributed by atoms with Crippen molar-refractivity contribution in [3.8, 4) is 0 Å². The van der Waals surface area contributed by atoms with Crippen LogP contribution in [0.15, 0.2) is 0 Å². The maximum atomic E-state index is 12.4. The van der Waals surface area contributed by atoms with Gasteiger partial charge in [-0.15, -0.1) is 0 Å². The van der Waals surface area contributed by atoms with Crippen LogP contribution in [-0.4, -0.2) is 40.3 Å². The first-order valence-corrected chi connectivity index (χ1v) is 7.43. The van der Waals surface area contributed by atoms with E-state index in [1.54, 1.807) is 0 Å². The van der Waals surface area contributed by atoms with E-state index in [2.05, 4.69) is 24.1 Å². The molecule has 2 N–H and O–H groups in total. The molecular weight excluding hydrogens is 228 g/mol. The van der Waals surface area contributed by atoms with E-state index in [1.807, 2.05) is 0 Å². The molecule has 0 aromatic rings. The van der Waals surface area contributed by atoms with Gasteiger partial charge in [0, 0.05) is 6.04 Å². The largest absolute Gasteiger partial charge is 0.393 e. The third-order valence-electron chi connectivity index (χ3n) is 4.31. The molecule has 0 aromatic heterocycles. The molecule has 2 fully saturated rings. The molecule has 2 atom stereocenters. The number of hydrogen-bond acceptors (Lipinski definition) is 3. The van der Waals surface area contributed by atoms with Gasteiger partial charge < -0.3 is 10.0 Å². The standard InChI is InChI=1S/C14H26N2O2/c1-3-5-12-14(18)16(13(4-2)15-12)10-6-8-11(17)9-7-10/h10-13,15,17H,3-9H2,1-2H3. The number of amides is 1. The van der Waals surface area contributed by atoms with Crippen LogP contribution in [0.2, 0.25) is 0 Å². The second-order valence-corrected chi connectivity index (χ2v) is 5.64. The molecule has 0 bridgehead atoms. The normalized spacial score (nSPS) is 37.3. The maximum absolute atomic E-state index is 12.4. The number of nitrogens with one attached hydrogen (secondary N) is 1. The fraction of sp³-hybridized carbons (Fsp3) is 0.929. The minimum atomic E-state index is -0.154. The Morgan fingerprint density at radius 2 is 1.94 bits per heavy atom. The van der Waals surface area contributed by atoms with Gasteiger partial charge in [0.1, 0.15) is 0 Å². The van der Waals surface area contributed by atoms with Gasteiger partial charge in [-0.1, -0.05) is 20.3 Å². The molecule has 1 aliphatic heterocycles. The number of aliphatic hydroxyl groups excluding tert-OH is 1. The fourth-order valence-electron chi connectivity index (χ4n) is 3.30. The number of nitrogens with zero attached hydrogens (tertiary/aromatic N) is 1. The van der Waals surface area contributed by atoms with Crippen LogP contribution < -0.4 is 5.32 Å².